The van der Waals surface area contributed by atoms with E-state index in [0.29, 0.717) is 11.1 Å². The number of ketones is 6. The summed E-state index contributed by atoms with van der Waals surface area (Å²) >= 11 is 0. The molecular weight excluding hydrogens is 1590 g/mol. The van der Waals surface area contributed by atoms with Crippen molar-refractivity contribution in [3.8, 4) is 0 Å². The summed E-state index contributed by atoms with van der Waals surface area (Å²) in [5, 5.41) is 24.6. The van der Waals surface area contributed by atoms with Crippen molar-refractivity contribution < 1.29 is 28.8 Å². The number of hydrogen-bond donors (Lipinski definition) is 0. The second kappa shape index (κ2) is 74.6. The molecule has 0 heterocycles. The van der Waals surface area contributed by atoms with E-state index in [2.05, 4.69) is 381 Å². The predicted molar refractivity (Wildman–Crippen MR) is 586 cm³/mol. The van der Waals surface area contributed by atoms with Crippen LogP contribution in [0, 0.1) is 13.8 Å². The molecule has 130 heavy (non-hydrogen) atoms. The molecule has 0 amide bonds. The van der Waals surface area contributed by atoms with E-state index in [1.54, 1.807) is 13.8 Å². The van der Waals surface area contributed by atoms with E-state index in [0.717, 1.165) is 21.5 Å². The van der Waals surface area contributed by atoms with Gasteiger partial charge in [-0.3, -0.25) is 9.59 Å². The lowest BCUT2D eigenvalue weighted by Gasteiger charge is -2.13. The SMILES string of the molecule is C.C.C.C.CC.CC.CC.CC.CC(=O)c1c2ccccc2c(C(C)=O)c2ccccc12.CC(C)=O.CC(C)=O.CC(C)=O.CC(C)=O.CCC.CCC.Cc1c2ccccc2c(C)c2ccccc12.c1ccc2ccccc2c1.c1ccc2ccccc2c1.c1ccc2ccccc2c1.c1ccc2ccccc2c1.c1ccc2ccccc2c1.c1ccc2ccccc2c1. The number of Topliss-reactive ketones (excluding diaryl/α,β-unsaturated/α-hetero) is 6. The predicted octanol–water partition coefficient (Wildman–Crippen LogP) is 37.9. The molecular formula is C124H156O6. The van der Waals surface area contributed by atoms with Crippen LogP contribution in [0.4, 0.5) is 0 Å². The lowest BCUT2D eigenvalue weighted by atomic mass is 9.89. The Morgan fingerprint density at radius 2 is 0.231 bits per heavy atom. The Morgan fingerprint density at radius 1 is 0.162 bits per heavy atom. The molecule has 18 aromatic rings. The molecule has 0 N–H and O–H groups in total. The molecule has 0 aliphatic heterocycles. The molecule has 0 aliphatic carbocycles. The van der Waals surface area contributed by atoms with E-state index in [1.165, 1.54) is 166 Å². The summed E-state index contributed by atoms with van der Waals surface area (Å²) < 4.78 is 0. The molecule has 0 aromatic heterocycles. The molecule has 6 heteroatoms. The third kappa shape index (κ3) is 46.3. The molecule has 18 aromatic carbocycles. The van der Waals surface area contributed by atoms with Crippen molar-refractivity contribution in [1.82, 2.24) is 0 Å². The van der Waals surface area contributed by atoms with Gasteiger partial charge in [0.05, 0.1) is 0 Å². The first-order valence-electron chi connectivity index (χ1n) is 44.3. The van der Waals surface area contributed by atoms with Crippen LogP contribution in [0.15, 0.2) is 388 Å². The fourth-order valence-electron chi connectivity index (χ4n) is 12.2. The summed E-state index contributed by atoms with van der Waals surface area (Å²) in [5.41, 5.74) is 4.16. The quantitative estimate of drug-likeness (QED) is 0.126. The molecule has 0 radical (unpaired) electrons. The minimum absolute atomic E-state index is 0. The summed E-state index contributed by atoms with van der Waals surface area (Å²) in [6.45, 7) is 44.3. The summed E-state index contributed by atoms with van der Waals surface area (Å²) in [7, 11) is 0. The van der Waals surface area contributed by atoms with Crippen molar-refractivity contribution in [2.24, 2.45) is 0 Å². The Kier molecular flexibility index (Phi) is 70.6. The first-order valence-corrected chi connectivity index (χ1v) is 44.3. The van der Waals surface area contributed by atoms with Gasteiger partial charge in [0.15, 0.2) is 11.6 Å². The second-order valence-corrected chi connectivity index (χ2v) is 28.4. The minimum Gasteiger partial charge on any atom is -0.300 e. The maximum atomic E-state index is 12.1. The number of aryl methyl sites for hydroxylation is 2. The Bertz CT molecular complexity index is 4870. The second-order valence-electron chi connectivity index (χ2n) is 28.4. The molecule has 0 fully saturated rings. The van der Waals surface area contributed by atoms with E-state index in [4.69, 9.17) is 0 Å². The normalized spacial score (nSPS) is 8.92. The first kappa shape index (κ1) is 123. The molecule has 0 spiro atoms. The number of rotatable bonds is 2. The van der Waals surface area contributed by atoms with E-state index in [9.17, 15) is 28.8 Å². The fourth-order valence-corrected chi connectivity index (χ4v) is 12.2. The molecule has 0 unspecified atom stereocenters. The molecule has 6 nitrogen and oxygen atoms in total. The van der Waals surface area contributed by atoms with Crippen molar-refractivity contribution in [2.75, 3.05) is 0 Å². The standard InChI is InChI=1S/C18H14O2.C16H14.6C10H8.4C3H6O.2C3H8.4C2H6.4CH4/c1-11(19)17-13-7-3-5-9-15(13)18(12(2)20)16-10-6-4-8-14(16)17;1-11-13-7-3-5-9-15(13)12(2)16-10-6-4-8-14(11)16;6*1-2-6-10-8-4-3-7-9(10)5-1;4*1-3(2)4;2*1-3-2;4*1-2;;;;/h3-10H,1-2H3;3-10H,1-2H3;6*1-8H;4*1-2H3;2*3H2,1-2H3;4*1-2H3;4*1H4. The van der Waals surface area contributed by atoms with Crippen molar-refractivity contribution in [3.63, 3.8) is 0 Å². The average molecular weight is 1740 g/mol. The van der Waals surface area contributed by atoms with Gasteiger partial charge in [-0.15, -0.1) is 0 Å². The topological polar surface area (TPSA) is 102 Å². The van der Waals surface area contributed by atoms with Gasteiger partial charge in [0, 0.05) is 11.1 Å². The summed E-state index contributed by atoms with van der Waals surface area (Å²) in [6.07, 6.45) is 2.50. The zero-order valence-corrected chi connectivity index (χ0v) is 79.8. The van der Waals surface area contributed by atoms with Gasteiger partial charge < -0.3 is 19.2 Å². The van der Waals surface area contributed by atoms with Crippen molar-refractivity contribution >= 4 is 142 Å². The maximum Gasteiger partial charge on any atom is 0.161 e. The molecule has 688 valence electrons. The summed E-state index contributed by atoms with van der Waals surface area (Å²) in [4.78, 5) is 61.9. The van der Waals surface area contributed by atoms with Crippen LogP contribution in [0.3, 0.4) is 0 Å². The number of hydrogen-bond acceptors (Lipinski definition) is 6. The fraction of sp³-hybridized carbons (Fsp3) is 0.242. The largest absolute Gasteiger partial charge is 0.300 e. The molecule has 0 saturated carbocycles. The molecule has 18 rings (SSSR count). The van der Waals surface area contributed by atoms with Crippen LogP contribution < -0.4 is 0 Å². The number of carbonyl (C=O) groups is 6. The van der Waals surface area contributed by atoms with Gasteiger partial charge in [0.2, 0.25) is 0 Å². The van der Waals surface area contributed by atoms with Crippen LogP contribution >= 0.6 is 0 Å². The molecule has 0 aliphatic rings. The lowest BCUT2D eigenvalue weighted by Crippen LogP contribution is -2.02. The van der Waals surface area contributed by atoms with E-state index in [-0.39, 0.29) is 64.4 Å². The highest BCUT2D eigenvalue weighted by Crippen LogP contribution is 2.35. The van der Waals surface area contributed by atoms with E-state index < -0.39 is 0 Å². The average Bonchev–Trinajstić information content (AvgIpc) is 0.749. The lowest BCUT2D eigenvalue weighted by molar-refractivity contribution is -0.115. The van der Waals surface area contributed by atoms with Crippen LogP contribution in [0.5, 0.6) is 0 Å². The van der Waals surface area contributed by atoms with Crippen molar-refractivity contribution in [2.45, 2.75) is 209 Å². The number of benzene rings is 18. The third-order valence-electron chi connectivity index (χ3n) is 17.1. The van der Waals surface area contributed by atoms with E-state index >= 15 is 0 Å². The van der Waals surface area contributed by atoms with Gasteiger partial charge in [-0.05, 0) is 202 Å². The van der Waals surface area contributed by atoms with Crippen molar-refractivity contribution in [1.29, 1.82) is 0 Å². The molecule has 0 saturated heterocycles. The first-order chi connectivity index (χ1) is 61.0. The number of fused-ring (bicyclic) bond motifs is 10. The van der Waals surface area contributed by atoms with Gasteiger partial charge in [-0.25, -0.2) is 0 Å². The smallest absolute Gasteiger partial charge is 0.161 e. The molecule has 0 bridgehead atoms. The summed E-state index contributed by atoms with van der Waals surface area (Å²) in [6, 6.07) is 133. The van der Waals surface area contributed by atoms with Gasteiger partial charge in [-0.2, -0.15) is 0 Å². The zero-order chi connectivity index (χ0) is 94.0. The van der Waals surface area contributed by atoms with Crippen LogP contribution in [0.1, 0.15) is 227 Å². The Balaban J connectivity index is -0.000000672. The maximum absolute atomic E-state index is 12.1. The van der Waals surface area contributed by atoms with E-state index in [1.807, 2.05) is 104 Å². The Hall–Kier alpha value is -13.4. The molecule has 0 atom stereocenters. The van der Waals surface area contributed by atoms with Gasteiger partial charge >= 0.3 is 0 Å². The van der Waals surface area contributed by atoms with Gasteiger partial charge in [0.25, 0.3) is 0 Å². The minimum atomic E-state index is 0. The highest BCUT2D eigenvalue weighted by atomic mass is 16.1. The van der Waals surface area contributed by atoms with Crippen molar-refractivity contribution in [3.05, 3.63) is 411 Å². The highest BCUT2D eigenvalue weighted by molar-refractivity contribution is 6.26. The van der Waals surface area contributed by atoms with Gasteiger partial charge in [-0.1, -0.05) is 514 Å². The summed E-state index contributed by atoms with van der Waals surface area (Å²) in [5.74, 6) is 0.708. The highest BCUT2D eigenvalue weighted by Gasteiger charge is 2.18. The van der Waals surface area contributed by atoms with Crippen LogP contribution in [-0.2, 0) is 19.2 Å². The van der Waals surface area contributed by atoms with Crippen LogP contribution in [0.2, 0.25) is 0 Å². The Labute approximate surface area is 785 Å². The Morgan fingerprint density at radius 3 is 0.308 bits per heavy atom. The zero-order valence-electron chi connectivity index (χ0n) is 79.8. The van der Waals surface area contributed by atoms with Crippen LogP contribution in [-0.4, -0.2) is 34.7 Å². The number of carbonyl (C=O) groups excluding carboxylic acids is 6. The van der Waals surface area contributed by atoms with Gasteiger partial charge in [0.1, 0.15) is 23.1 Å². The monoisotopic (exact) mass is 1740 g/mol. The third-order valence-corrected chi connectivity index (χ3v) is 17.1. The van der Waals surface area contributed by atoms with Crippen LogP contribution in [0.25, 0.3) is 108 Å².